The lowest BCUT2D eigenvalue weighted by Gasteiger charge is -2.09. The highest BCUT2D eigenvalue weighted by molar-refractivity contribution is 7.95. The van der Waals surface area contributed by atoms with Crippen molar-refractivity contribution >= 4 is 15.9 Å². The molecule has 0 bridgehead atoms. The molecule has 2 rings (SSSR count). The van der Waals surface area contributed by atoms with Gasteiger partial charge in [-0.25, -0.2) is 8.42 Å². The second-order valence-electron chi connectivity index (χ2n) is 5.53. The fraction of sp³-hybridized carbons (Fsp3) is 0.250. The Bertz CT molecular complexity index is 865. The molecule has 5 heteroatoms. The van der Waals surface area contributed by atoms with Crippen LogP contribution in [0.3, 0.4) is 0 Å². The highest BCUT2D eigenvalue weighted by Gasteiger charge is 2.20. The summed E-state index contributed by atoms with van der Waals surface area (Å²) in [6, 6.07) is 16.9. The van der Waals surface area contributed by atoms with Crippen LogP contribution >= 0.6 is 0 Å². The van der Waals surface area contributed by atoms with Crippen LogP contribution in [0.1, 0.15) is 31.7 Å². The molecule has 2 aromatic rings. The SMILES string of the molecule is CCCCCOc1ccccc1/C=C(/C#N)S(=O)(=O)c1ccccc1. The van der Waals surface area contributed by atoms with Gasteiger partial charge < -0.3 is 4.74 Å². The van der Waals surface area contributed by atoms with E-state index in [1.165, 1.54) is 18.2 Å². The van der Waals surface area contributed by atoms with Crippen molar-refractivity contribution in [3.63, 3.8) is 0 Å². The maximum atomic E-state index is 12.6. The first-order chi connectivity index (χ1) is 12.1. The predicted molar refractivity (Wildman–Crippen MR) is 98.7 cm³/mol. The zero-order valence-electron chi connectivity index (χ0n) is 14.2. The molecule has 0 spiro atoms. The van der Waals surface area contributed by atoms with Crippen molar-refractivity contribution in [2.45, 2.75) is 31.1 Å². The van der Waals surface area contributed by atoms with E-state index in [0.29, 0.717) is 17.9 Å². The minimum absolute atomic E-state index is 0.101. The Morgan fingerprint density at radius 3 is 2.44 bits per heavy atom. The van der Waals surface area contributed by atoms with Crippen LogP contribution in [0.2, 0.25) is 0 Å². The lowest BCUT2D eigenvalue weighted by molar-refractivity contribution is 0.305. The first kappa shape index (κ1) is 18.8. The van der Waals surface area contributed by atoms with Crippen molar-refractivity contribution in [2.75, 3.05) is 6.61 Å². The predicted octanol–water partition coefficient (Wildman–Crippen LogP) is 4.59. The van der Waals surface area contributed by atoms with E-state index in [2.05, 4.69) is 6.92 Å². The molecule has 0 atom stereocenters. The second-order valence-corrected chi connectivity index (χ2v) is 7.45. The summed E-state index contributed by atoms with van der Waals surface area (Å²) in [5, 5.41) is 9.38. The van der Waals surface area contributed by atoms with E-state index in [1.807, 2.05) is 12.1 Å². The average Bonchev–Trinajstić information content (AvgIpc) is 2.64. The standard InChI is InChI=1S/C20H21NO3S/c1-2-3-9-14-24-20-13-8-7-10-17(20)15-19(16-21)25(22,23)18-11-5-4-6-12-18/h4-8,10-13,15H,2-3,9,14H2,1H3/b19-15-. The van der Waals surface area contributed by atoms with Gasteiger partial charge in [0.05, 0.1) is 11.5 Å². The van der Waals surface area contributed by atoms with Gasteiger partial charge in [0.25, 0.3) is 0 Å². The van der Waals surface area contributed by atoms with Gasteiger partial charge in [-0.15, -0.1) is 0 Å². The number of hydrogen-bond acceptors (Lipinski definition) is 4. The number of hydrogen-bond donors (Lipinski definition) is 0. The van der Waals surface area contributed by atoms with Crippen LogP contribution in [0.4, 0.5) is 0 Å². The van der Waals surface area contributed by atoms with E-state index < -0.39 is 9.84 Å². The summed E-state index contributed by atoms with van der Waals surface area (Å²) in [4.78, 5) is -0.201. The van der Waals surface area contributed by atoms with Gasteiger partial charge in [-0.3, -0.25) is 0 Å². The molecule has 0 saturated heterocycles. The highest BCUT2D eigenvalue weighted by atomic mass is 32.2. The molecular weight excluding hydrogens is 334 g/mol. The van der Waals surface area contributed by atoms with Crippen LogP contribution in [0.25, 0.3) is 6.08 Å². The molecular formula is C20H21NO3S. The molecule has 0 radical (unpaired) electrons. The number of ether oxygens (including phenoxy) is 1. The topological polar surface area (TPSA) is 67.2 Å². The lowest BCUT2D eigenvalue weighted by Crippen LogP contribution is -2.04. The van der Waals surface area contributed by atoms with Crippen LogP contribution < -0.4 is 4.74 Å². The van der Waals surface area contributed by atoms with Crippen molar-refractivity contribution in [3.05, 3.63) is 65.1 Å². The van der Waals surface area contributed by atoms with Gasteiger partial charge in [0.2, 0.25) is 9.84 Å². The highest BCUT2D eigenvalue weighted by Crippen LogP contribution is 2.25. The number of nitrogens with zero attached hydrogens (tertiary/aromatic N) is 1. The Labute approximate surface area is 149 Å². The summed E-state index contributed by atoms with van der Waals surface area (Å²) < 4.78 is 31.0. The van der Waals surface area contributed by atoms with Crippen LogP contribution in [0.5, 0.6) is 5.75 Å². The number of allylic oxidation sites excluding steroid dienone is 1. The average molecular weight is 355 g/mol. The summed E-state index contributed by atoms with van der Waals surface area (Å²) in [5.74, 6) is 0.578. The summed E-state index contributed by atoms with van der Waals surface area (Å²) in [7, 11) is -3.85. The molecule has 0 aromatic heterocycles. The number of sulfone groups is 1. The zero-order chi connectivity index (χ0) is 18.1. The number of rotatable bonds is 8. The molecule has 4 nitrogen and oxygen atoms in total. The van der Waals surface area contributed by atoms with Gasteiger partial charge in [0.15, 0.2) is 0 Å². The third kappa shape index (κ3) is 4.94. The molecule has 25 heavy (non-hydrogen) atoms. The molecule has 130 valence electrons. The molecule has 0 unspecified atom stereocenters. The van der Waals surface area contributed by atoms with Crippen molar-refractivity contribution in [3.8, 4) is 11.8 Å². The molecule has 0 aliphatic carbocycles. The summed E-state index contributed by atoms with van der Waals surface area (Å²) in [6.45, 7) is 2.68. The van der Waals surface area contributed by atoms with Gasteiger partial charge in [-0.1, -0.05) is 56.2 Å². The van der Waals surface area contributed by atoms with Crippen LogP contribution in [-0.4, -0.2) is 15.0 Å². The van der Waals surface area contributed by atoms with Crippen molar-refractivity contribution in [1.82, 2.24) is 0 Å². The summed E-state index contributed by atoms with van der Waals surface area (Å²) in [6.07, 6.45) is 4.47. The van der Waals surface area contributed by atoms with Gasteiger partial charge in [-0.05, 0) is 30.7 Å². The number of unbranched alkanes of at least 4 members (excludes halogenated alkanes) is 2. The third-order valence-corrected chi connectivity index (χ3v) is 5.35. The molecule has 0 fully saturated rings. The summed E-state index contributed by atoms with van der Waals surface area (Å²) in [5.41, 5.74) is 0.579. The fourth-order valence-electron chi connectivity index (χ4n) is 2.30. The van der Waals surface area contributed by atoms with E-state index in [9.17, 15) is 13.7 Å². The Morgan fingerprint density at radius 2 is 1.76 bits per heavy atom. The van der Waals surface area contributed by atoms with Gasteiger partial charge in [0, 0.05) is 5.56 Å². The van der Waals surface area contributed by atoms with Crippen molar-refractivity contribution in [1.29, 1.82) is 5.26 Å². The smallest absolute Gasteiger partial charge is 0.216 e. The Balaban J connectivity index is 2.33. The van der Waals surface area contributed by atoms with Gasteiger partial charge in [-0.2, -0.15) is 5.26 Å². The third-order valence-electron chi connectivity index (χ3n) is 3.66. The van der Waals surface area contributed by atoms with Crippen LogP contribution in [0.15, 0.2) is 64.4 Å². The normalized spacial score (nSPS) is 11.8. The van der Waals surface area contributed by atoms with E-state index in [0.717, 1.165) is 19.3 Å². The molecule has 0 saturated carbocycles. The molecule has 2 aromatic carbocycles. The maximum Gasteiger partial charge on any atom is 0.216 e. The first-order valence-electron chi connectivity index (χ1n) is 8.23. The molecule has 0 N–H and O–H groups in total. The van der Waals surface area contributed by atoms with Crippen molar-refractivity contribution < 1.29 is 13.2 Å². The van der Waals surface area contributed by atoms with E-state index in [1.54, 1.807) is 36.4 Å². The zero-order valence-corrected chi connectivity index (χ0v) is 15.0. The fourth-order valence-corrected chi connectivity index (χ4v) is 3.47. The number of nitriles is 1. The van der Waals surface area contributed by atoms with Crippen LogP contribution in [-0.2, 0) is 9.84 Å². The molecule has 0 heterocycles. The molecule has 0 aliphatic rings. The minimum atomic E-state index is -3.85. The number of benzene rings is 2. The lowest BCUT2D eigenvalue weighted by atomic mass is 10.2. The van der Waals surface area contributed by atoms with Gasteiger partial charge >= 0.3 is 0 Å². The Kier molecular flexibility index (Phi) is 6.79. The Hall–Kier alpha value is -2.58. The summed E-state index contributed by atoms with van der Waals surface area (Å²) >= 11 is 0. The van der Waals surface area contributed by atoms with Crippen molar-refractivity contribution in [2.24, 2.45) is 0 Å². The first-order valence-corrected chi connectivity index (χ1v) is 9.71. The van der Waals surface area contributed by atoms with Gasteiger partial charge in [0.1, 0.15) is 16.7 Å². The molecule has 0 aliphatic heterocycles. The maximum absolute atomic E-state index is 12.6. The van der Waals surface area contributed by atoms with E-state index in [4.69, 9.17) is 4.74 Å². The quantitative estimate of drug-likeness (QED) is 0.513. The Morgan fingerprint density at radius 1 is 1.08 bits per heavy atom. The number of para-hydroxylation sites is 1. The second kappa shape index (κ2) is 9.05. The van der Waals surface area contributed by atoms with E-state index >= 15 is 0 Å². The largest absolute Gasteiger partial charge is 0.493 e. The van der Waals surface area contributed by atoms with E-state index in [-0.39, 0.29) is 9.80 Å². The van der Waals surface area contributed by atoms with Crippen LogP contribution in [0, 0.1) is 11.3 Å². The minimum Gasteiger partial charge on any atom is -0.493 e. The molecule has 0 amide bonds. The monoisotopic (exact) mass is 355 g/mol.